The molecule has 4 heteroatoms. The van der Waals surface area contributed by atoms with Gasteiger partial charge in [0, 0.05) is 10.8 Å². The zero-order valence-corrected chi connectivity index (χ0v) is 29.2. The molecule has 0 saturated carbocycles. The first-order valence-electron chi connectivity index (χ1n) is 18.1. The molecule has 0 aliphatic carbocycles. The second-order valence-electron chi connectivity index (χ2n) is 13.7. The molecule has 0 atom stereocenters. The van der Waals surface area contributed by atoms with Crippen molar-refractivity contribution in [3.63, 3.8) is 0 Å². The highest BCUT2D eigenvalue weighted by atomic mass is 16.5. The van der Waals surface area contributed by atoms with Gasteiger partial charge in [-0.1, -0.05) is 133 Å². The van der Waals surface area contributed by atoms with Crippen LogP contribution in [0.15, 0.2) is 158 Å². The van der Waals surface area contributed by atoms with Crippen molar-refractivity contribution in [1.82, 2.24) is 9.97 Å². The minimum absolute atomic E-state index is 0.187. The van der Waals surface area contributed by atoms with Gasteiger partial charge in [-0.15, -0.1) is 0 Å². The summed E-state index contributed by atoms with van der Waals surface area (Å²) in [6.45, 7) is 0.187. The van der Waals surface area contributed by atoms with E-state index < -0.39 is 0 Å². The number of hydrogen-bond acceptors (Lipinski definition) is 4. The molecule has 0 unspecified atom stereocenters. The summed E-state index contributed by atoms with van der Waals surface area (Å²) in [5, 5.41) is 12.1. The standard InChI is InChI=1S/C50H32N2O2/c53-50(54-31-33-10-8-32(9-11-33)12-22-41-25-27-45-43-7-2-1-4-34(43)20-29-47(45)52-41)40-21-28-46-39(30-40)18-24-42(51-46)23-17-35-13-14-38-16-15-36-5-3-6-37-19-26-44(35)49(38)48(36)37/h1-30H,31H2/b22-12+,23-17+. The maximum atomic E-state index is 13.0. The highest BCUT2D eigenvalue weighted by molar-refractivity contribution is 6.24. The van der Waals surface area contributed by atoms with Gasteiger partial charge in [-0.2, -0.15) is 0 Å². The Morgan fingerprint density at radius 1 is 0.481 bits per heavy atom. The summed E-state index contributed by atoms with van der Waals surface area (Å²) < 4.78 is 5.69. The Balaban J connectivity index is 0.798. The molecule has 0 amide bonds. The Morgan fingerprint density at radius 3 is 2.00 bits per heavy atom. The Labute approximate surface area is 311 Å². The van der Waals surface area contributed by atoms with Crippen LogP contribution in [0, 0.1) is 0 Å². The highest BCUT2D eigenvalue weighted by Gasteiger charge is 2.11. The highest BCUT2D eigenvalue weighted by Crippen LogP contribution is 2.36. The maximum absolute atomic E-state index is 13.0. The first-order chi connectivity index (χ1) is 26.6. The van der Waals surface area contributed by atoms with Crippen molar-refractivity contribution in [2.45, 2.75) is 6.61 Å². The average molecular weight is 693 g/mol. The predicted molar refractivity (Wildman–Crippen MR) is 225 cm³/mol. The number of hydrogen-bond donors (Lipinski definition) is 0. The molecule has 0 N–H and O–H groups in total. The summed E-state index contributed by atoms with van der Waals surface area (Å²) in [4.78, 5) is 22.8. The van der Waals surface area contributed by atoms with Gasteiger partial charge in [0.15, 0.2) is 0 Å². The van der Waals surface area contributed by atoms with Gasteiger partial charge < -0.3 is 4.74 Å². The van der Waals surface area contributed by atoms with Crippen molar-refractivity contribution >= 4 is 95.2 Å². The van der Waals surface area contributed by atoms with Crippen molar-refractivity contribution in [2.75, 3.05) is 0 Å². The Bertz CT molecular complexity index is 3110. The van der Waals surface area contributed by atoms with E-state index in [1.165, 1.54) is 43.1 Å². The Kier molecular flexibility index (Phi) is 7.66. The lowest BCUT2D eigenvalue weighted by Gasteiger charge is -2.12. The molecule has 0 bridgehead atoms. The predicted octanol–water partition coefficient (Wildman–Crippen LogP) is 12.5. The number of carbonyl (C=O) groups excluding carboxylic acids is 1. The molecule has 0 radical (unpaired) electrons. The fraction of sp³-hybridized carbons (Fsp3) is 0.0200. The van der Waals surface area contributed by atoms with Gasteiger partial charge >= 0.3 is 5.97 Å². The van der Waals surface area contributed by atoms with Crippen molar-refractivity contribution in [3.05, 3.63) is 191 Å². The topological polar surface area (TPSA) is 52.1 Å². The van der Waals surface area contributed by atoms with Gasteiger partial charge in [-0.05, 0) is 108 Å². The fourth-order valence-corrected chi connectivity index (χ4v) is 7.57. The molecule has 0 saturated heterocycles. The minimum Gasteiger partial charge on any atom is -0.457 e. The van der Waals surface area contributed by atoms with E-state index in [4.69, 9.17) is 14.7 Å². The van der Waals surface area contributed by atoms with E-state index in [2.05, 4.69) is 109 Å². The molecule has 0 aliphatic heterocycles. The van der Waals surface area contributed by atoms with Gasteiger partial charge in [-0.3, -0.25) is 0 Å². The zero-order chi connectivity index (χ0) is 36.0. The van der Waals surface area contributed by atoms with E-state index in [1.807, 2.05) is 66.7 Å². The lowest BCUT2D eigenvalue weighted by atomic mass is 9.92. The molecule has 0 fully saturated rings. The largest absolute Gasteiger partial charge is 0.457 e. The molecule has 0 spiro atoms. The number of pyridine rings is 2. The van der Waals surface area contributed by atoms with Crippen LogP contribution in [0.4, 0.5) is 0 Å². The average Bonchev–Trinajstić information content (AvgIpc) is 3.23. The molecule has 0 aliphatic rings. The number of carbonyl (C=O) groups is 1. The zero-order valence-electron chi connectivity index (χ0n) is 29.2. The Hall–Kier alpha value is -7.17. The van der Waals surface area contributed by atoms with Crippen molar-refractivity contribution in [1.29, 1.82) is 0 Å². The van der Waals surface area contributed by atoms with E-state index in [-0.39, 0.29) is 12.6 Å². The third-order valence-electron chi connectivity index (χ3n) is 10.4. The third-order valence-corrected chi connectivity index (χ3v) is 10.4. The summed E-state index contributed by atoms with van der Waals surface area (Å²) >= 11 is 0. The van der Waals surface area contributed by atoms with Gasteiger partial charge in [0.25, 0.3) is 0 Å². The van der Waals surface area contributed by atoms with Crippen molar-refractivity contribution in [3.8, 4) is 0 Å². The molecule has 10 rings (SSSR count). The Morgan fingerprint density at radius 2 is 1.13 bits per heavy atom. The minimum atomic E-state index is -0.367. The number of ether oxygens (including phenoxy) is 1. The number of benzene rings is 8. The van der Waals surface area contributed by atoms with Gasteiger partial charge in [-0.25, -0.2) is 14.8 Å². The molecular formula is C50H32N2O2. The maximum Gasteiger partial charge on any atom is 0.338 e. The van der Waals surface area contributed by atoms with Crippen LogP contribution in [0.25, 0.3) is 89.2 Å². The van der Waals surface area contributed by atoms with Crippen LogP contribution in [0.5, 0.6) is 0 Å². The molecule has 2 aromatic heterocycles. The van der Waals surface area contributed by atoms with Gasteiger partial charge in [0.2, 0.25) is 0 Å². The van der Waals surface area contributed by atoms with Gasteiger partial charge in [0.1, 0.15) is 6.61 Å². The van der Waals surface area contributed by atoms with Crippen LogP contribution in [-0.2, 0) is 11.3 Å². The smallest absolute Gasteiger partial charge is 0.338 e. The van der Waals surface area contributed by atoms with E-state index in [0.717, 1.165) is 49.9 Å². The normalized spacial score (nSPS) is 12.1. The van der Waals surface area contributed by atoms with Crippen LogP contribution < -0.4 is 0 Å². The number of nitrogens with zero attached hydrogens (tertiary/aromatic N) is 2. The number of esters is 1. The van der Waals surface area contributed by atoms with Crippen LogP contribution in [0.3, 0.4) is 0 Å². The molecule has 2 heterocycles. The SMILES string of the molecule is O=C(OCc1ccc(/C=C/c2ccc3c(ccc4ccccc43)n2)cc1)c1ccc2nc(/C=C/c3ccc4ccc5cccc6ccc3c4c56)ccc2c1. The summed E-state index contributed by atoms with van der Waals surface area (Å²) in [6, 6.07) is 53.9. The van der Waals surface area contributed by atoms with Crippen LogP contribution >= 0.6 is 0 Å². The third kappa shape index (κ3) is 5.80. The van der Waals surface area contributed by atoms with Crippen LogP contribution in [0.2, 0.25) is 0 Å². The quantitative estimate of drug-likeness (QED) is 0.123. The monoisotopic (exact) mass is 692 g/mol. The fourth-order valence-electron chi connectivity index (χ4n) is 7.57. The molecule has 8 aromatic carbocycles. The van der Waals surface area contributed by atoms with E-state index in [9.17, 15) is 4.79 Å². The molecule has 54 heavy (non-hydrogen) atoms. The lowest BCUT2D eigenvalue weighted by molar-refractivity contribution is 0.0473. The van der Waals surface area contributed by atoms with Gasteiger partial charge in [0.05, 0.1) is 28.0 Å². The summed E-state index contributed by atoms with van der Waals surface area (Å²) in [6.07, 6.45) is 8.25. The van der Waals surface area contributed by atoms with E-state index >= 15 is 0 Å². The second-order valence-corrected chi connectivity index (χ2v) is 13.7. The van der Waals surface area contributed by atoms with E-state index in [0.29, 0.717) is 5.56 Å². The van der Waals surface area contributed by atoms with E-state index in [1.54, 1.807) is 6.07 Å². The van der Waals surface area contributed by atoms with Crippen molar-refractivity contribution in [2.24, 2.45) is 0 Å². The first kappa shape index (κ1) is 31.6. The molecular weight excluding hydrogens is 661 g/mol. The molecule has 4 nitrogen and oxygen atoms in total. The molecule has 254 valence electrons. The lowest BCUT2D eigenvalue weighted by Crippen LogP contribution is -2.05. The molecule has 10 aromatic rings. The number of rotatable bonds is 7. The second kappa shape index (κ2) is 13.1. The summed E-state index contributed by atoms with van der Waals surface area (Å²) in [5.74, 6) is -0.367. The number of fused-ring (bicyclic) bond motifs is 4. The number of aromatic nitrogens is 2. The summed E-state index contributed by atoms with van der Waals surface area (Å²) in [7, 11) is 0. The first-order valence-corrected chi connectivity index (χ1v) is 18.1. The van der Waals surface area contributed by atoms with Crippen LogP contribution in [-0.4, -0.2) is 15.9 Å². The summed E-state index contributed by atoms with van der Waals surface area (Å²) in [5.41, 5.74) is 7.15. The van der Waals surface area contributed by atoms with Crippen molar-refractivity contribution < 1.29 is 9.53 Å². The van der Waals surface area contributed by atoms with Crippen LogP contribution in [0.1, 0.15) is 38.4 Å².